The smallest absolute Gasteiger partial charge is 0.313 e. The van der Waals surface area contributed by atoms with E-state index in [0.29, 0.717) is 17.5 Å². The molecule has 1 N–H and O–H groups in total. The Hall–Kier alpha value is -1.83. The Morgan fingerprint density at radius 1 is 1.59 bits per heavy atom. The fourth-order valence-electron chi connectivity index (χ4n) is 1.28. The van der Waals surface area contributed by atoms with Crippen LogP contribution < -0.4 is 0 Å². The molecule has 2 rings (SSSR count). The molecule has 0 aliphatic carbocycles. The third-order valence-electron chi connectivity index (χ3n) is 1.95. The van der Waals surface area contributed by atoms with E-state index >= 15 is 0 Å². The molecule has 0 fully saturated rings. The first-order chi connectivity index (χ1) is 8.15. The summed E-state index contributed by atoms with van der Waals surface area (Å²) in [5.41, 5.74) is 0. The van der Waals surface area contributed by atoms with Gasteiger partial charge in [-0.15, -0.1) is 0 Å². The van der Waals surface area contributed by atoms with Crippen LogP contribution in [0, 0.1) is 0 Å². The van der Waals surface area contributed by atoms with Crippen molar-refractivity contribution in [3.05, 3.63) is 24.3 Å². The molecule has 0 amide bonds. The van der Waals surface area contributed by atoms with Gasteiger partial charge in [0.25, 0.3) is 0 Å². The van der Waals surface area contributed by atoms with Gasteiger partial charge in [-0.2, -0.15) is 10.2 Å². The van der Waals surface area contributed by atoms with Crippen molar-refractivity contribution in [2.45, 2.75) is 11.7 Å². The van der Waals surface area contributed by atoms with Gasteiger partial charge in [0.05, 0.1) is 5.75 Å². The maximum Gasteiger partial charge on any atom is 0.313 e. The van der Waals surface area contributed by atoms with Gasteiger partial charge < -0.3 is 5.11 Å². The van der Waals surface area contributed by atoms with E-state index in [1.54, 1.807) is 22.6 Å². The van der Waals surface area contributed by atoms with E-state index in [1.807, 2.05) is 12.3 Å². The monoisotopic (exact) mass is 253 g/mol. The molecule has 17 heavy (non-hydrogen) atoms. The van der Waals surface area contributed by atoms with Crippen molar-refractivity contribution in [1.29, 1.82) is 0 Å². The van der Waals surface area contributed by atoms with E-state index in [-0.39, 0.29) is 5.75 Å². The largest absolute Gasteiger partial charge is 0.481 e. The standard InChI is InChI=1S/C9H11N5O2S/c1-13-9(17-6-8(15)16)11-7(12-13)5-14-4-2-3-10-14/h2-4H,5-6H2,1H3,(H,15,16). The SMILES string of the molecule is Cn1nc(Cn2cccn2)nc1SCC(=O)O. The van der Waals surface area contributed by atoms with Crippen molar-refractivity contribution in [2.75, 3.05) is 5.75 Å². The first-order valence-electron chi connectivity index (χ1n) is 4.87. The molecule has 90 valence electrons. The Morgan fingerprint density at radius 2 is 2.41 bits per heavy atom. The minimum Gasteiger partial charge on any atom is -0.481 e. The summed E-state index contributed by atoms with van der Waals surface area (Å²) in [4.78, 5) is 14.7. The third-order valence-corrected chi connectivity index (χ3v) is 2.96. The van der Waals surface area contributed by atoms with Crippen LogP contribution in [0.4, 0.5) is 0 Å². The lowest BCUT2D eigenvalue weighted by Crippen LogP contribution is -2.02. The number of rotatable bonds is 5. The van der Waals surface area contributed by atoms with Crippen molar-refractivity contribution in [1.82, 2.24) is 24.5 Å². The van der Waals surface area contributed by atoms with Crippen LogP contribution in [-0.2, 0) is 18.4 Å². The lowest BCUT2D eigenvalue weighted by Gasteiger charge is -1.94. The van der Waals surface area contributed by atoms with Crippen LogP contribution in [-0.4, -0.2) is 41.4 Å². The van der Waals surface area contributed by atoms with Gasteiger partial charge in [-0.05, 0) is 6.07 Å². The van der Waals surface area contributed by atoms with Gasteiger partial charge >= 0.3 is 5.97 Å². The molecule has 0 saturated carbocycles. The van der Waals surface area contributed by atoms with Gasteiger partial charge in [0.2, 0.25) is 0 Å². The van der Waals surface area contributed by atoms with Crippen LogP contribution in [0.25, 0.3) is 0 Å². The van der Waals surface area contributed by atoms with Gasteiger partial charge in [-0.25, -0.2) is 9.67 Å². The number of aliphatic carboxylic acids is 1. The molecule has 8 heteroatoms. The number of hydrogen-bond donors (Lipinski definition) is 1. The highest BCUT2D eigenvalue weighted by Gasteiger charge is 2.10. The number of nitrogens with zero attached hydrogens (tertiary/aromatic N) is 5. The zero-order valence-electron chi connectivity index (χ0n) is 9.15. The van der Waals surface area contributed by atoms with E-state index < -0.39 is 5.97 Å². The third kappa shape index (κ3) is 3.06. The van der Waals surface area contributed by atoms with E-state index in [1.165, 1.54) is 0 Å². The fraction of sp³-hybridized carbons (Fsp3) is 0.333. The first kappa shape index (κ1) is 11.6. The number of carboxylic acid groups (broad SMARTS) is 1. The average Bonchev–Trinajstić information content (AvgIpc) is 2.86. The Labute approximate surface area is 101 Å². The molecule has 0 aliphatic rings. The van der Waals surface area contributed by atoms with Gasteiger partial charge in [-0.3, -0.25) is 9.48 Å². The molecule has 0 spiro atoms. The summed E-state index contributed by atoms with van der Waals surface area (Å²) in [5.74, 6) is -0.274. The number of carboxylic acids is 1. The topological polar surface area (TPSA) is 85.8 Å². The summed E-state index contributed by atoms with van der Waals surface area (Å²) in [5, 5.41) is 17.4. The Morgan fingerprint density at radius 3 is 3.06 bits per heavy atom. The first-order valence-corrected chi connectivity index (χ1v) is 5.85. The number of aromatic nitrogens is 5. The summed E-state index contributed by atoms with van der Waals surface area (Å²) < 4.78 is 3.29. The molecule has 2 heterocycles. The fourth-order valence-corrected chi connectivity index (χ4v) is 1.93. The van der Waals surface area contributed by atoms with Crippen LogP contribution in [0.2, 0.25) is 0 Å². The van der Waals surface area contributed by atoms with Crippen LogP contribution >= 0.6 is 11.8 Å². The number of hydrogen-bond acceptors (Lipinski definition) is 5. The minimum atomic E-state index is -0.869. The van der Waals surface area contributed by atoms with Gasteiger partial charge in [-0.1, -0.05) is 11.8 Å². The van der Waals surface area contributed by atoms with Crippen molar-refractivity contribution >= 4 is 17.7 Å². The van der Waals surface area contributed by atoms with Crippen molar-refractivity contribution in [2.24, 2.45) is 7.05 Å². The molecule has 0 aliphatic heterocycles. The average molecular weight is 253 g/mol. The van der Waals surface area contributed by atoms with Gasteiger partial charge in [0.1, 0.15) is 6.54 Å². The van der Waals surface area contributed by atoms with E-state index in [4.69, 9.17) is 5.11 Å². The second-order valence-corrected chi connectivity index (χ2v) is 4.26. The lowest BCUT2D eigenvalue weighted by atomic mass is 10.6. The van der Waals surface area contributed by atoms with Gasteiger partial charge in [0.15, 0.2) is 11.0 Å². The number of thioether (sulfide) groups is 1. The predicted octanol–water partition coefficient (Wildman–Crippen LogP) is 0.237. The normalized spacial score (nSPS) is 10.6. The molecule has 0 bridgehead atoms. The summed E-state index contributed by atoms with van der Waals surface area (Å²) in [6.45, 7) is 0.481. The molecule has 0 atom stereocenters. The van der Waals surface area contributed by atoms with E-state index in [9.17, 15) is 4.79 Å². The minimum absolute atomic E-state index is 0.0201. The maximum atomic E-state index is 10.5. The highest BCUT2D eigenvalue weighted by molar-refractivity contribution is 7.99. The highest BCUT2D eigenvalue weighted by atomic mass is 32.2. The summed E-state index contributed by atoms with van der Waals surface area (Å²) in [6, 6.07) is 1.82. The molecule has 0 aromatic carbocycles. The second-order valence-electron chi connectivity index (χ2n) is 3.32. The van der Waals surface area contributed by atoms with Crippen molar-refractivity contribution in [3.63, 3.8) is 0 Å². The molecule has 2 aromatic rings. The summed E-state index contributed by atoms with van der Waals surface area (Å²) in [6.07, 6.45) is 3.50. The predicted molar refractivity (Wildman–Crippen MR) is 60.7 cm³/mol. The van der Waals surface area contributed by atoms with Crippen LogP contribution in [0.15, 0.2) is 23.6 Å². The molecule has 0 radical (unpaired) electrons. The summed E-state index contributed by atoms with van der Waals surface area (Å²) >= 11 is 1.15. The molecule has 0 unspecified atom stereocenters. The van der Waals surface area contributed by atoms with Crippen molar-refractivity contribution in [3.8, 4) is 0 Å². The molecule has 2 aromatic heterocycles. The zero-order chi connectivity index (χ0) is 12.3. The van der Waals surface area contributed by atoms with Gasteiger partial charge in [0, 0.05) is 19.4 Å². The Bertz CT molecular complexity index is 507. The summed E-state index contributed by atoms with van der Waals surface area (Å²) in [7, 11) is 1.74. The number of aryl methyl sites for hydroxylation is 1. The quantitative estimate of drug-likeness (QED) is 0.768. The van der Waals surface area contributed by atoms with E-state index in [2.05, 4.69) is 15.2 Å². The molecular weight excluding hydrogens is 242 g/mol. The maximum absolute atomic E-state index is 10.5. The highest BCUT2D eigenvalue weighted by Crippen LogP contribution is 2.14. The van der Waals surface area contributed by atoms with Crippen LogP contribution in [0.3, 0.4) is 0 Å². The van der Waals surface area contributed by atoms with Crippen LogP contribution in [0.1, 0.15) is 5.82 Å². The zero-order valence-corrected chi connectivity index (χ0v) is 9.96. The lowest BCUT2D eigenvalue weighted by molar-refractivity contribution is -0.133. The molecular formula is C9H11N5O2S. The molecule has 0 saturated heterocycles. The van der Waals surface area contributed by atoms with Crippen LogP contribution in [0.5, 0.6) is 0 Å². The Kier molecular flexibility index (Phi) is 3.43. The van der Waals surface area contributed by atoms with Crippen molar-refractivity contribution < 1.29 is 9.90 Å². The van der Waals surface area contributed by atoms with E-state index in [0.717, 1.165) is 11.8 Å². The molecule has 7 nitrogen and oxygen atoms in total. The Balaban J connectivity index is 2.05. The number of carbonyl (C=O) groups is 1. The second kappa shape index (κ2) is 5.00.